The van der Waals surface area contributed by atoms with Gasteiger partial charge in [-0.05, 0) is 55.7 Å². The second-order valence-corrected chi connectivity index (χ2v) is 10.5. The first-order valence-electron chi connectivity index (χ1n) is 14.2. The number of fused-ring (bicyclic) bond motifs is 1. The number of unbranched alkanes of at least 4 members (excludes halogenated alkanes) is 1. The highest BCUT2D eigenvalue weighted by molar-refractivity contribution is 6.30. The molecule has 4 aromatic rings. The van der Waals surface area contributed by atoms with E-state index in [-0.39, 0.29) is 6.04 Å². The Hall–Kier alpha value is -3.48. The third-order valence-electron chi connectivity index (χ3n) is 7.26. The number of ether oxygens (including phenoxy) is 3. The summed E-state index contributed by atoms with van der Waals surface area (Å²) in [6, 6.07) is 24.9. The highest BCUT2D eigenvalue weighted by Gasteiger charge is 2.27. The van der Waals surface area contributed by atoms with E-state index < -0.39 is 0 Å². The predicted molar refractivity (Wildman–Crippen MR) is 160 cm³/mol. The Kier molecular flexibility index (Phi) is 9.30. The highest BCUT2D eigenvalue weighted by Crippen LogP contribution is 2.36. The Balaban J connectivity index is 1.53. The van der Waals surface area contributed by atoms with Gasteiger partial charge in [-0.25, -0.2) is 4.98 Å². The SMILES string of the molecule is CCCCn1c(-c2ccccc2)nc(Cl)c1C(C)N(Cc1cccc(OCC)c1)Cc1ccc2c(c1)OCCO2. The maximum Gasteiger partial charge on any atom is 0.161 e. The third kappa shape index (κ3) is 6.45. The van der Waals surface area contributed by atoms with E-state index >= 15 is 0 Å². The molecular formula is C33H38ClN3O3. The molecule has 0 bridgehead atoms. The molecule has 210 valence electrons. The van der Waals surface area contributed by atoms with Crippen molar-refractivity contribution in [3.05, 3.63) is 94.8 Å². The molecule has 0 spiro atoms. The van der Waals surface area contributed by atoms with Crippen LogP contribution < -0.4 is 14.2 Å². The van der Waals surface area contributed by atoms with Gasteiger partial charge in [0.05, 0.1) is 18.3 Å². The minimum atomic E-state index is -0.0155. The zero-order valence-electron chi connectivity index (χ0n) is 23.6. The standard InChI is InChI=1S/C33H38ClN3O3/c1-4-6-17-37-31(32(34)35-33(37)27-12-8-7-9-13-27)24(3)36(22-25-11-10-14-28(20-25)38-5-2)23-26-15-16-29-30(21-26)40-19-18-39-29/h7-16,20-21,24H,4-6,17-19,22-23H2,1-3H3. The van der Waals surface area contributed by atoms with E-state index in [1.165, 1.54) is 5.56 Å². The number of rotatable bonds is 12. The summed E-state index contributed by atoms with van der Waals surface area (Å²) in [7, 11) is 0. The van der Waals surface area contributed by atoms with Crippen LogP contribution in [0.5, 0.6) is 17.2 Å². The lowest BCUT2D eigenvalue weighted by atomic mass is 10.1. The number of hydrogen-bond donors (Lipinski definition) is 0. The fourth-order valence-electron chi connectivity index (χ4n) is 5.24. The van der Waals surface area contributed by atoms with Crippen molar-refractivity contribution in [2.24, 2.45) is 0 Å². The Bertz CT molecular complexity index is 1410. The van der Waals surface area contributed by atoms with Crippen LogP contribution in [-0.2, 0) is 19.6 Å². The van der Waals surface area contributed by atoms with Gasteiger partial charge in [0.15, 0.2) is 16.7 Å². The smallest absolute Gasteiger partial charge is 0.161 e. The summed E-state index contributed by atoms with van der Waals surface area (Å²) in [6.45, 7) is 10.5. The van der Waals surface area contributed by atoms with Crippen LogP contribution in [0.4, 0.5) is 0 Å². The lowest BCUT2D eigenvalue weighted by molar-refractivity contribution is 0.168. The Labute approximate surface area is 242 Å². The molecule has 1 aromatic heterocycles. The molecule has 0 amide bonds. The van der Waals surface area contributed by atoms with Crippen LogP contribution in [0.25, 0.3) is 11.4 Å². The van der Waals surface area contributed by atoms with Gasteiger partial charge in [-0.1, -0.05) is 73.5 Å². The summed E-state index contributed by atoms with van der Waals surface area (Å²) < 4.78 is 19.8. The molecule has 0 fully saturated rings. The number of hydrogen-bond acceptors (Lipinski definition) is 5. The van der Waals surface area contributed by atoms with Crippen molar-refractivity contribution in [3.63, 3.8) is 0 Å². The van der Waals surface area contributed by atoms with E-state index in [2.05, 4.69) is 65.8 Å². The largest absolute Gasteiger partial charge is 0.494 e. The first-order valence-corrected chi connectivity index (χ1v) is 14.6. The zero-order chi connectivity index (χ0) is 27.9. The summed E-state index contributed by atoms with van der Waals surface area (Å²) in [6.07, 6.45) is 2.13. The van der Waals surface area contributed by atoms with Crippen molar-refractivity contribution in [1.82, 2.24) is 14.5 Å². The van der Waals surface area contributed by atoms with Crippen LogP contribution in [0.2, 0.25) is 5.15 Å². The van der Waals surface area contributed by atoms with Crippen molar-refractivity contribution in [3.8, 4) is 28.6 Å². The molecule has 3 aromatic carbocycles. The second kappa shape index (κ2) is 13.2. The third-order valence-corrected chi connectivity index (χ3v) is 7.54. The maximum atomic E-state index is 6.97. The van der Waals surface area contributed by atoms with Gasteiger partial charge >= 0.3 is 0 Å². The van der Waals surface area contributed by atoms with Gasteiger partial charge in [0.1, 0.15) is 24.8 Å². The maximum absolute atomic E-state index is 6.97. The van der Waals surface area contributed by atoms with Crippen LogP contribution in [-0.4, -0.2) is 34.3 Å². The monoisotopic (exact) mass is 559 g/mol. The highest BCUT2D eigenvalue weighted by atomic mass is 35.5. The lowest BCUT2D eigenvalue weighted by Crippen LogP contribution is -2.28. The fraction of sp³-hybridized carbons (Fsp3) is 0.364. The average Bonchev–Trinajstić information content (AvgIpc) is 3.31. The fourth-order valence-corrected chi connectivity index (χ4v) is 5.58. The minimum absolute atomic E-state index is 0.0155. The van der Waals surface area contributed by atoms with Crippen molar-refractivity contribution in [2.45, 2.75) is 59.3 Å². The topological polar surface area (TPSA) is 48.8 Å². The summed E-state index contributed by atoms with van der Waals surface area (Å²) >= 11 is 6.97. The molecule has 0 N–H and O–H groups in total. The van der Waals surface area contributed by atoms with Crippen molar-refractivity contribution >= 4 is 11.6 Å². The summed E-state index contributed by atoms with van der Waals surface area (Å²) in [4.78, 5) is 7.33. The molecule has 40 heavy (non-hydrogen) atoms. The molecular weight excluding hydrogens is 522 g/mol. The van der Waals surface area contributed by atoms with Gasteiger partial charge < -0.3 is 18.8 Å². The molecule has 0 saturated heterocycles. The van der Waals surface area contributed by atoms with Crippen LogP contribution in [0.1, 0.15) is 56.5 Å². The predicted octanol–water partition coefficient (Wildman–Crippen LogP) is 7.94. The number of benzene rings is 3. The lowest BCUT2D eigenvalue weighted by Gasteiger charge is -2.31. The summed E-state index contributed by atoms with van der Waals surface area (Å²) in [5.74, 6) is 3.39. The molecule has 1 atom stereocenters. The number of nitrogens with zero attached hydrogens (tertiary/aromatic N) is 3. The first kappa shape index (κ1) is 28.1. The number of imidazole rings is 1. The molecule has 5 rings (SSSR count). The molecule has 0 saturated carbocycles. The van der Waals surface area contributed by atoms with Crippen LogP contribution >= 0.6 is 11.6 Å². The van der Waals surface area contributed by atoms with E-state index in [1.807, 2.05) is 37.3 Å². The average molecular weight is 560 g/mol. The van der Waals surface area contributed by atoms with Gasteiger partial charge in [-0.15, -0.1) is 0 Å². The molecule has 1 aliphatic heterocycles. The number of halogens is 1. The van der Waals surface area contributed by atoms with Crippen molar-refractivity contribution in [1.29, 1.82) is 0 Å². The minimum Gasteiger partial charge on any atom is -0.494 e. The molecule has 6 nitrogen and oxygen atoms in total. The van der Waals surface area contributed by atoms with Crippen LogP contribution in [0.15, 0.2) is 72.8 Å². The van der Waals surface area contributed by atoms with E-state index in [9.17, 15) is 0 Å². The van der Waals surface area contributed by atoms with E-state index in [1.54, 1.807) is 0 Å². The quantitative estimate of drug-likeness (QED) is 0.176. The Morgan fingerprint density at radius 3 is 2.42 bits per heavy atom. The second-order valence-electron chi connectivity index (χ2n) is 10.1. The molecule has 1 aliphatic rings. The van der Waals surface area contributed by atoms with Crippen molar-refractivity contribution in [2.75, 3.05) is 19.8 Å². The van der Waals surface area contributed by atoms with Gasteiger partial charge in [0.2, 0.25) is 0 Å². The molecule has 2 heterocycles. The van der Waals surface area contributed by atoms with Gasteiger partial charge in [-0.2, -0.15) is 0 Å². The van der Waals surface area contributed by atoms with E-state index in [0.29, 0.717) is 38.1 Å². The Morgan fingerprint density at radius 2 is 1.68 bits per heavy atom. The van der Waals surface area contributed by atoms with Crippen LogP contribution in [0.3, 0.4) is 0 Å². The molecule has 0 radical (unpaired) electrons. The summed E-state index contributed by atoms with van der Waals surface area (Å²) in [5, 5.41) is 0.553. The van der Waals surface area contributed by atoms with Gasteiger partial charge in [-0.3, -0.25) is 4.90 Å². The van der Waals surface area contributed by atoms with Gasteiger partial charge in [0, 0.05) is 25.2 Å². The molecule has 7 heteroatoms. The normalized spacial score (nSPS) is 13.4. The van der Waals surface area contributed by atoms with E-state index in [4.69, 9.17) is 30.8 Å². The summed E-state index contributed by atoms with van der Waals surface area (Å²) in [5.41, 5.74) is 4.43. The Morgan fingerprint density at radius 1 is 0.925 bits per heavy atom. The van der Waals surface area contributed by atoms with Gasteiger partial charge in [0.25, 0.3) is 0 Å². The van der Waals surface area contributed by atoms with E-state index in [0.717, 1.165) is 59.3 Å². The molecule has 0 aliphatic carbocycles. The first-order chi connectivity index (χ1) is 19.6. The molecule has 1 unspecified atom stereocenters. The zero-order valence-corrected chi connectivity index (χ0v) is 24.4. The number of aromatic nitrogens is 2. The van der Waals surface area contributed by atoms with Crippen molar-refractivity contribution < 1.29 is 14.2 Å². The van der Waals surface area contributed by atoms with Crippen LogP contribution in [0, 0.1) is 0 Å².